The van der Waals surface area contributed by atoms with Crippen molar-refractivity contribution in [1.29, 1.82) is 0 Å². The molecule has 0 saturated heterocycles. The normalized spacial score (nSPS) is 13.8. The second-order valence-electron chi connectivity index (χ2n) is 15.7. The van der Waals surface area contributed by atoms with E-state index in [1.54, 1.807) is 0 Å². The number of aromatic nitrogens is 4. The summed E-state index contributed by atoms with van der Waals surface area (Å²) in [7, 11) is 0. The van der Waals surface area contributed by atoms with E-state index >= 15 is 0 Å². The van der Waals surface area contributed by atoms with Crippen molar-refractivity contribution in [3.8, 4) is 28.3 Å². The molecule has 0 aliphatic heterocycles. The fourth-order valence-corrected chi connectivity index (χ4v) is 10.3. The maximum atomic E-state index is 5.57. The topological polar surface area (TPSA) is 35.1 Å². The van der Waals surface area contributed by atoms with Crippen LogP contribution in [0.1, 0.15) is 25.0 Å². The Bertz CT molecular complexity index is 3620. The van der Waals surface area contributed by atoms with Crippen LogP contribution in [0.3, 0.4) is 0 Å². The maximum absolute atomic E-state index is 5.57. The van der Waals surface area contributed by atoms with Crippen LogP contribution >= 0.6 is 0 Å². The Labute approximate surface area is 315 Å². The molecule has 1 aliphatic carbocycles. The van der Waals surface area contributed by atoms with E-state index in [9.17, 15) is 0 Å². The molecule has 0 fully saturated rings. The lowest BCUT2D eigenvalue weighted by Crippen LogP contribution is -2.15. The molecule has 0 N–H and O–H groups in total. The first-order valence-corrected chi connectivity index (χ1v) is 19.1. The zero-order valence-corrected chi connectivity index (χ0v) is 30.3. The lowest BCUT2D eigenvalue weighted by atomic mass is 9.82. The standard InChI is InChI=1S/C51H32N4/c1-51(2)37-22-10-8-19-34(37)43-38(51)28-42-46-44(43)35-21-12-20-33-32-18-9-11-23-39(32)54(49(33)35)40-24-13-25-41(45(40)46)55(42)50-52-47(30-15-4-3-5-16-30)36-27-26-29-14-6-7-17-31(29)48(36)53-50/h3-28H,1-2H3. The summed E-state index contributed by atoms with van der Waals surface area (Å²) >= 11 is 0. The van der Waals surface area contributed by atoms with Gasteiger partial charge in [0, 0.05) is 54.1 Å². The number of para-hydroxylation sites is 2. The Kier molecular flexibility index (Phi) is 5.42. The first-order chi connectivity index (χ1) is 27.1. The molecule has 0 unspecified atom stereocenters. The molecule has 0 radical (unpaired) electrons. The molecule has 12 aromatic rings. The molecule has 13 rings (SSSR count). The highest BCUT2D eigenvalue weighted by molar-refractivity contribution is 6.34. The molecule has 4 heteroatoms. The molecule has 0 atom stereocenters. The van der Waals surface area contributed by atoms with Crippen LogP contribution in [0.25, 0.3) is 110 Å². The largest absolute Gasteiger partial charge is 0.308 e. The van der Waals surface area contributed by atoms with E-state index in [0.717, 1.165) is 44.0 Å². The Hall–Kier alpha value is -7.04. The minimum atomic E-state index is -0.219. The average Bonchev–Trinajstić information content (AvgIpc) is 3.79. The van der Waals surface area contributed by atoms with Crippen LogP contribution in [0.4, 0.5) is 0 Å². The van der Waals surface area contributed by atoms with Crippen molar-refractivity contribution in [2.24, 2.45) is 0 Å². The van der Waals surface area contributed by atoms with Gasteiger partial charge in [-0.2, -0.15) is 0 Å². The maximum Gasteiger partial charge on any atom is 0.235 e. The molecule has 4 nitrogen and oxygen atoms in total. The smallest absolute Gasteiger partial charge is 0.235 e. The molecule has 0 saturated carbocycles. The lowest BCUT2D eigenvalue weighted by Gasteiger charge is -2.22. The van der Waals surface area contributed by atoms with Gasteiger partial charge in [0.25, 0.3) is 0 Å². The van der Waals surface area contributed by atoms with E-state index < -0.39 is 0 Å². The summed E-state index contributed by atoms with van der Waals surface area (Å²) in [5, 5.41) is 10.9. The number of fused-ring (bicyclic) bond motifs is 12. The van der Waals surface area contributed by atoms with Gasteiger partial charge in [-0.15, -0.1) is 0 Å². The van der Waals surface area contributed by atoms with Crippen LogP contribution in [-0.2, 0) is 5.41 Å². The lowest BCUT2D eigenvalue weighted by molar-refractivity contribution is 0.661. The molecule has 4 aromatic heterocycles. The highest BCUT2D eigenvalue weighted by Gasteiger charge is 2.39. The van der Waals surface area contributed by atoms with E-state index in [2.05, 4.69) is 181 Å². The number of nitrogens with zero attached hydrogens (tertiary/aromatic N) is 4. The second kappa shape index (κ2) is 10.1. The van der Waals surface area contributed by atoms with Crippen molar-refractivity contribution >= 4 is 81.6 Å². The molecule has 0 amide bonds. The van der Waals surface area contributed by atoms with Crippen molar-refractivity contribution in [3.63, 3.8) is 0 Å². The summed E-state index contributed by atoms with van der Waals surface area (Å²) in [6, 6.07) is 57.6. The molecule has 0 bridgehead atoms. The van der Waals surface area contributed by atoms with E-state index in [1.165, 1.54) is 71.1 Å². The Morgan fingerprint density at radius 2 is 1.18 bits per heavy atom. The summed E-state index contributed by atoms with van der Waals surface area (Å²) in [6.07, 6.45) is 0. The molecule has 8 aromatic carbocycles. The minimum absolute atomic E-state index is 0.219. The molecule has 256 valence electrons. The van der Waals surface area contributed by atoms with E-state index in [-0.39, 0.29) is 5.41 Å². The molecule has 1 aliphatic rings. The van der Waals surface area contributed by atoms with Crippen LogP contribution in [-0.4, -0.2) is 18.9 Å². The minimum Gasteiger partial charge on any atom is -0.308 e. The number of hydrogen-bond acceptors (Lipinski definition) is 2. The Morgan fingerprint density at radius 1 is 0.473 bits per heavy atom. The van der Waals surface area contributed by atoms with Crippen molar-refractivity contribution in [1.82, 2.24) is 18.9 Å². The third-order valence-corrected chi connectivity index (χ3v) is 12.6. The van der Waals surface area contributed by atoms with Crippen molar-refractivity contribution in [2.75, 3.05) is 0 Å². The first-order valence-electron chi connectivity index (χ1n) is 19.1. The van der Waals surface area contributed by atoms with Gasteiger partial charge in [-0.3, -0.25) is 4.57 Å². The predicted octanol–water partition coefficient (Wildman–Crippen LogP) is 13.0. The second-order valence-corrected chi connectivity index (χ2v) is 15.7. The van der Waals surface area contributed by atoms with Gasteiger partial charge in [0.15, 0.2) is 0 Å². The highest BCUT2D eigenvalue weighted by Crippen LogP contribution is 2.56. The van der Waals surface area contributed by atoms with Crippen LogP contribution < -0.4 is 0 Å². The zero-order valence-electron chi connectivity index (χ0n) is 30.3. The van der Waals surface area contributed by atoms with Crippen molar-refractivity contribution in [2.45, 2.75) is 19.3 Å². The van der Waals surface area contributed by atoms with Gasteiger partial charge in [-0.05, 0) is 58.0 Å². The number of benzene rings is 8. The van der Waals surface area contributed by atoms with Gasteiger partial charge in [0.2, 0.25) is 5.95 Å². The molecular weight excluding hydrogens is 669 g/mol. The third kappa shape index (κ3) is 3.57. The third-order valence-electron chi connectivity index (χ3n) is 12.6. The predicted molar refractivity (Wildman–Crippen MR) is 229 cm³/mol. The van der Waals surface area contributed by atoms with Crippen molar-refractivity contribution in [3.05, 3.63) is 169 Å². The van der Waals surface area contributed by atoms with Gasteiger partial charge in [-0.1, -0.05) is 141 Å². The fraction of sp³-hybridized carbons (Fsp3) is 0.0588. The van der Waals surface area contributed by atoms with Gasteiger partial charge < -0.3 is 4.40 Å². The fourth-order valence-electron chi connectivity index (χ4n) is 10.3. The summed E-state index contributed by atoms with van der Waals surface area (Å²) in [6.45, 7) is 4.77. The van der Waals surface area contributed by atoms with Gasteiger partial charge in [-0.25, -0.2) is 9.97 Å². The Balaban J connectivity index is 1.32. The van der Waals surface area contributed by atoms with Crippen LogP contribution in [0.2, 0.25) is 0 Å². The van der Waals surface area contributed by atoms with E-state index in [4.69, 9.17) is 9.97 Å². The van der Waals surface area contributed by atoms with Gasteiger partial charge in [0.05, 0.1) is 38.8 Å². The summed E-state index contributed by atoms with van der Waals surface area (Å²) in [5.41, 5.74) is 14.0. The van der Waals surface area contributed by atoms with Crippen molar-refractivity contribution < 1.29 is 0 Å². The molecule has 55 heavy (non-hydrogen) atoms. The Morgan fingerprint density at radius 3 is 2.09 bits per heavy atom. The van der Waals surface area contributed by atoms with Gasteiger partial charge >= 0.3 is 0 Å². The summed E-state index contributed by atoms with van der Waals surface area (Å²) in [5.74, 6) is 0.676. The SMILES string of the molecule is CC1(C)c2ccccc2-c2c1cc1c3c2c2cccc4c5ccccc5n(c5cccc(c35)n1-c1nc(-c3ccccc3)c3ccc5ccccc5c3n1)c42. The number of hydrogen-bond donors (Lipinski definition) is 0. The summed E-state index contributed by atoms with van der Waals surface area (Å²) < 4.78 is 4.89. The van der Waals surface area contributed by atoms with Crippen LogP contribution in [0.5, 0.6) is 0 Å². The van der Waals surface area contributed by atoms with Gasteiger partial charge in [0.1, 0.15) is 0 Å². The van der Waals surface area contributed by atoms with E-state index in [0.29, 0.717) is 5.95 Å². The average molecular weight is 701 g/mol. The van der Waals surface area contributed by atoms with E-state index in [1.807, 2.05) is 0 Å². The first kappa shape index (κ1) is 29.4. The van der Waals surface area contributed by atoms with Crippen LogP contribution in [0, 0.1) is 0 Å². The monoisotopic (exact) mass is 700 g/mol. The molecule has 0 spiro atoms. The summed E-state index contributed by atoms with van der Waals surface area (Å²) in [4.78, 5) is 11.1. The highest BCUT2D eigenvalue weighted by atomic mass is 15.2. The number of rotatable bonds is 2. The molecule has 4 heterocycles. The quantitative estimate of drug-likeness (QED) is 0.168. The zero-order chi connectivity index (χ0) is 36.2. The van der Waals surface area contributed by atoms with Crippen LogP contribution in [0.15, 0.2) is 158 Å². The molecular formula is C51H32N4.